The van der Waals surface area contributed by atoms with Crippen molar-refractivity contribution in [3.63, 3.8) is 0 Å². The van der Waals surface area contributed by atoms with Gasteiger partial charge in [0.25, 0.3) is 0 Å². The maximum atomic E-state index is 5.87. The molecule has 0 saturated carbocycles. The number of hydrogen-bond acceptors (Lipinski definition) is 1. The minimum Gasteiger partial charge on any atom is -0.310 e. The fourth-order valence-corrected chi connectivity index (χ4v) is 1.99. The second-order valence-corrected chi connectivity index (χ2v) is 5.55. The van der Waals surface area contributed by atoms with Gasteiger partial charge in [-0.25, -0.2) is 0 Å². The van der Waals surface area contributed by atoms with Crippen LogP contribution in [0.15, 0.2) is 24.3 Å². The average molecular weight is 254 g/mol. The zero-order chi connectivity index (χ0) is 12.7. The Kier molecular flexibility index (Phi) is 6.61. The third-order valence-corrected chi connectivity index (χ3v) is 3.28. The lowest BCUT2D eigenvalue weighted by atomic mass is 10.1. The number of halogens is 1. The first-order chi connectivity index (χ1) is 8.09. The molecule has 0 aliphatic rings. The summed E-state index contributed by atoms with van der Waals surface area (Å²) in [5.74, 6) is 0.823. The Morgan fingerprint density at radius 2 is 1.71 bits per heavy atom. The topological polar surface area (TPSA) is 12.0 Å². The molecule has 1 atom stereocenters. The molecule has 1 unspecified atom stereocenters. The monoisotopic (exact) mass is 253 g/mol. The van der Waals surface area contributed by atoms with Crippen LogP contribution in [-0.4, -0.2) is 6.54 Å². The van der Waals surface area contributed by atoms with Gasteiger partial charge in [0.15, 0.2) is 0 Å². The van der Waals surface area contributed by atoms with Gasteiger partial charge in [-0.2, -0.15) is 0 Å². The van der Waals surface area contributed by atoms with Gasteiger partial charge in [-0.15, -0.1) is 0 Å². The minimum absolute atomic E-state index is 0.409. The summed E-state index contributed by atoms with van der Waals surface area (Å²) in [5, 5.41) is 4.35. The lowest BCUT2D eigenvalue weighted by Crippen LogP contribution is -2.19. The fourth-order valence-electron chi connectivity index (χ4n) is 1.87. The van der Waals surface area contributed by atoms with Crippen molar-refractivity contribution in [2.45, 2.75) is 46.1 Å². The molecule has 0 spiro atoms. The summed E-state index contributed by atoms with van der Waals surface area (Å²) in [6.45, 7) is 7.86. The Balaban J connectivity index is 2.21. The summed E-state index contributed by atoms with van der Waals surface area (Å²) in [4.78, 5) is 0. The Bertz CT molecular complexity index is 305. The fraction of sp³-hybridized carbons (Fsp3) is 0.600. The van der Waals surface area contributed by atoms with E-state index in [4.69, 9.17) is 11.6 Å². The van der Waals surface area contributed by atoms with E-state index in [2.05, 4.69) is 38.2 Å². The molecule has 0 radical (unpaired) electrons. The molecular formula is C15H24ClN. The van der Waals surface area contributed by atoms with Crippen LogP contribution in [0.2, 0.25) is 5.02 Å². The van der Waals surface area contributed by atoms with E-state index in [0.29, 0.717) is 6.04 Å². The predicted octanol–water partition coefficient (Wildman–Crippen LogP) is 4.82. The summed E-state index contributed by atoms with van der Waals surface area (Å²) in [6.07, 6.45) is 3.91. The van der Waals surface area contributed by atoms with E-state index in [1.807, 2.05) is 12.1 Å². The van der Waals surface area contributed by atoms with Crippen LogP contribution >= 0.6 is 11.6 Å². The normalized spacial score (nSPS) is 13.0. The van der Waals surface area contributed by atoms with E-state index < -0.39 is 0 Å². The first kappa shape index (κ1) is 14.5. The van der Waals surface area contributed by atoms with Crippen LogP contribution < -0.4 is 5.32 Å². The van der Waals surface area contributed by atoms with Gasteiger partial charge < -0.3 is 5.32 Å². The van der Waals surface area contributed by atoms with Crippen LogP contribution in [0.3, 0.4) is 0 Å². The van der Waals surface area contributed by atoms with Crippen molar-refractivity contribution >= 4 is 11.6 Å². The van der Waals surface area contributed by atoms with Crippen molar-refractivity contribution in [2.75, 3.05) is 6.54 Å². The highest BCUT2D eigenvalue weighted by Crippen LogP contribution is 2.16. The number of rotatable bonds is 7. The lowest BCUT2D eigenvalue weighted by Gasteiger charge is -2.14. The molecule has 1 aromatic rings. The Morgan fingerprint density at radius 1 is 1.06 bits per heavy atom. The van der Waals surface area contributed by atoms with Gasteiger partial charge in [-0.1, -0.05) is 50.4 Å². The van der Waals surface area contributed by atoms with Gasteiger partial charge in [0, 0.05) is 11.1 Å². The molecule has 0 aliphatic heterocycles. The lowest BCUT2D eigenvalue weighted by molar-refractivity contribution is 0.498. The minimum atomic E-state index is 0.409. The number of nitrogens with one attached hydrogen (secondary N) is 1. The number of unbranched alkanes of at least 4 members (excludes halogenated alkanes) is 1. The summed E-state index contributed by atoms with van der Waals surface area (Å²) in [7, 11) is 0. The Morgan fingerprint density at radius 3 is 2.29 bits per heavy atom. The van der Waals surface area contributed by atoms with E-state index in [1.54, 1.807) is 0 Å². The number of benzene rings is 1. The molecule has 1 aromatic carbocycles. The van der Waals surface area contributed by atoms with Crippen LogP contribution in [-0.2, 0) is 0 Å². The van der Waals surface area contributed by atoms with Gasteiger partial charge >= 0.3 is 0 Å². The standard InChI is InChI=1S/C15H24ClN/c1-12(2)6-4-5-11-17-13(3)14-7-9-15(16)10-8-14/h7-10,12-13,17H,4-6,11H2,1-3H3. The highest BCUT2D eigenvalue weighted by molar-refractivity contribution is 6.30. The van der Waals surface area contributed by atoms with Gasteiger partial charge in [0.1, 0.15) is 0 Å². The van der Waals surface area contributed by atoms with E-state index in [9.17, 15) is 0 Å². The van der Waals surface area contributed by atoms with E-state index in [0.717, 1.165) is 17.5 Å². The van der Waals surface area contributed by atoms with Gasteiger partial charge in [-0.05, 0) is 43.5 Å². The van der Waals surface area contributed by atoms with Crippen molar-refractivity contribution in [3.05, 3.63) is 34.9 Å². The third-order valence-electron chi connectivity index (χ3n) is 3.03. The highest BCUT2D eigenvalue weighted by atomic mass is 35.5. The second kappa shape index (κ2) is 7.73. The average Bonchev–Trinajstić information content (AvgIpc) is 2.29. The largest absolute Gasteiger partial charge is 0.310 e. The molecule has 0 saturated heterocycles. The van der Waals surface area contributed by atoms with E-state index >= 15 is 0 Å². The quantitative estimate of drug-likeness (QED) is 0.687. The molecule has 1 N–H and O–H groups in total. The van der Waals surface area contributed by atoms with Gasteiger partial charge in [0.2, 0.25) is 0 Å². The van der Waals surface area contributed by atoms with Gasteiger partial charge in [-0.3, -0.25) is 0 Å². The smallest absolute Gasteiger partial charge is 0.0406 e. The summed E-state index contributed by atoms with van der Waals surface area (Å²) in [6, 6.07) is 8.50. The van der Waals surface area contributed by atoms with E-state index in [1.165, 1.54) is 24.8 Å². The molecule has 17 heavy (non-hydrogen) atoms. The van der Waals surface area contributed by atoms with Crippen molar-refractivity contribution < 1.29 is 0 Å². The Labute approximate surface area is 111 Å². The molecule has 0 amide bonds. The molecule has 1 rings (SSSR count). The van der Waals surface area contributed by atoms with E-state index in [-0.39, 0.29) is 0 Å². The molecule has 96 valence electrons. The summed E-state index contributed by atoms with van der Waals surface area (Å²) >= 11 is 5.87. The van der Waals surface area contributed by atoms with Crippen molar-refractivity contribution in [3.8, 4) is 0 Å². The first-order valence-electron chi connectivity index (χ1n) is 6.58. The van der Waals surface area contributed by atoms with Crippen LogP contribution in [0.25, 0.3) is 0 Å². The maximum absolute atomic E-state index is 5.87. The molecule has 0 aromatic heterocycles. The van der Waals surface area contributed by atoms with Crippen molar-refractivity contribution in [2.24, 2.45) is 5.92 Å². The van der Waals surface area contributed by atoms with Crippen LogP contribution in [0.4, 0.5) is 0 Å². The zero-order valence-corrected chi connectivity index (χ0v) is 11.9. The van der Waals surface area contributed by atoms with Gasteiger partial charge in [0.05, 0.1) is 0 Å². The second-order valence-electron chi connectivity index (χ2n) is 5.12. The van der Waals surface area contributed by atoms with Crippen LogP contribution in [0.1, 0.15) is 51.6 Å². The predicted molar refractivity (Wildman–Crippen MR) is 76.6 cm³/mol. The molecular weight excluding hydrogens is 230 g/mol. The summed E-state index contributed by atoms with van der Waals surface area (Å²) in [5.41, 5.74) is 1.30. The third kappa shape index (κ3) is 6.09. The SMILES string of the molecule is CC(C)CCCCNC(C)c1ccc(Cl)cc1. The Hall–Kier alpha value is -0.530. The molecule has 0 heterocycles. The molecule has 2 heteroatoms. The first-order valence-corrected chi connectivity index (χ1v) is 6.96. The summed E-state index contributed by atoms with van der Waals surface area (Å²) < 4.78 is 0. The highest BCUT2D eigenvalue weighted by Gasteiger charge is 2.03. The molecule has 1 nitrogen and oxygen atoms in total. The van der Waals surface area contributed by atoms with Crippen LogP contribution in [0.5, 0.6) is 0 Å². The zero-order valence-electron chi connectivity index (χ0n) is 11.2. The van der Waals surface area contributed by atoms with Crippen LogP contribution in [0, 0.1) is 5.92 Å². The molecule has 0 bridgehead atoms. The van der Waals surface area contributed by atoms with Crippen molar-refractivity contribution in [1.82, 2.24) is 5.32 Å². The van der Waals surface area contributed by atoms with Crippen molar-refractivity contribution in [1.29, 1.82) is 0 Å². The maximum Gasteiger partial charge on any atom is 0.0406 e. The number of hydrogen-bond donors (Lipinski definition) is 1. The molecule has 0 fully saturated rings. The molecule has 0 aliphatic carbocycles.